The molecule has 1 saturated carbocycles. The number of hydrogen-bond donors (Lipinski definition) is 2. The summed E-state index contributed by atoms with van der Waals surface area (Å²) in [5.41, 5.74) is 3.44. The summed E-state index contributed by atoms with van der Waals surface area (Å²) in [4.78, 5) is 0. The Bertz CT molecular complexity index is 143. The zero-order valence-electron chi connectivity index (χ0n) is 7.62. The van der Waals surface area contributed by atoms with Gasteiger partial charge in [0.1, 0.15) is 0 Å². The Morgan fingerprint density at radius 2 is 1.69 bits per heavy atom. The minimum absolute atomic E-state index is 0. The van der Waals surface area contributed by atoms with E-state index in [1.54, 1.807) is 0 Å². The molecule has 1 spiro atoms. The van der Waals surface area contributed by atoms with Crippen molar-refractivity contribution in [3.05, 3.63) is 0 Å². The van der Waals surface area contributed by atoms with Crippen LogP contribution < -0.4 is 11.3 Å². The van der Waals surface area contributed by atoms with Gasteiger partial charge in [0.05, 0.1) is 0 Å². The number of hydrazine groups is 1. The Balaban J connectivity index is 0.000000720. The van der Waals surface area contributed by atoms with Gasteiger partial charge in [-0.05, 0) is 31.1 Å². The number of ether oxygens (including phenoxy) is 1. The summed E-state index contributed by atoms with van der Waals surface area (Å²) in [6.07, 6.45) is 5.00. The Morgan fingerprint density at radius 1 is 1.15 bits per heavy atom. The standard InChI is InChI=1S/C8H16N2O.2ClH/c9-10-7-5-8(6-7)1-3-11-4-2-8;;/h7,10H,1-6,9H2;2*1H. The Kier molecular flexibility index (Phi) is 5.56. The third kappa shape index (κ3) is 2.70. The van der Waals surface area contributed by atoms with Gasteiger partial charge in [-0.25, -0.2) is 0 Å². The highest BCUT2D eigenvalue weighted by Gasteiger charge is 2.44. The summed E-state index contributed by atoms with van der Waals surface area (Å²) >= 11 is 0. The van der Waals surface area contributed by atoms with E-state index < -0.39 is 0 Å². The molecule has 0 atom stereocenters. The molecular weight excluding hydrogens is 211 g/mol. The molecule has 5 heteroatoms. The van der Waals surface area contributed by atoms with Gasteiger partial charge >= 0.3 is 0 Å². The molecule has 3 N–H and O–H groups in total. The highest BCUT2D eigenvalue weighted by Crippen LogP contribution is 2.48. The lowest BCUT2D eigenvalue weighted by Crippen LogP contribution is -2.53. The van der Waals surface area contributed by atoms with Crippen LogP contribution in [0.1, 0.15) is 25.7 Å². The molecular formula is C8H18Cl2N2O. The summed E-state index contributed by atoms with van der Waals surface area (Å²) in [6, 6.07) is 0.577. The zero-order valence-corrected chi connectivity index (χ0v) is 9.26. The van der Waals surface area contributed by atoms with Gasteiger partial charge in [-0.3, -0.25) is 11.3 Å². The largest absolute Gasteiger partial charge is 0.381 e. The number of nitrogens with one attached hydrogen (secondary N) is 1. The molecule has 0 aromatic carbocycles. The lowest BCUT2D eigenvalue weighted by molar-refractivity contribution is -0.0450. The quantitative estimate of drug-likeness (QED) is 0.525. The number of rotatable bonds is 1. The number of halogens is 2. The molecule has 1 aliphatic carbocycles. The molecule has 1 heterocycles. The molecule has 80 valence electrons. The molecule has 1 aliphatic heterocycles. The van der Waals surface area contributed by atoms with E-state index >= 15 is 0 Å². The monoisotopic (exact) mass is 228 g/mol. The SMILES string of the molecule is Cl.Cl.NNC1CC2(CCOCC2)C1. The van der Waals surface area contributed by atoms with Crippen LogP contribution in [-0.2, 0) is 4.74 Å². The van der Waals surface area contributed by atoms with E-state index in [4.69, 9.17) is 10.6 Å². The van der Waals surface area contributed by atoms with E-state index in [0.717, 1.165) is 13.2 Å². The van der Waals surface area contributed by atoms with E-state index in [9.17, 15) is 0 Å². The topological polar surface area (TPSA) is 47.3 Å². The molecule has 0 unspecified atom stereocenters. The molecule has 0 amide bonds. The molecule has 1 saturated heterocycles. The lowest BCUT2D eigenvalue weighted by Gasteiger charge is -2.49. The highest BCUT2D eigenvalue weighted by atomic mass is 35.5. The number of hydrogen-bond acceptors (Lipinski definition) is 3. The molecule has 3 nitrogen and oxygen atoms in total. The average Bonchev–Trinajstić information content (AvgIpc) is 2.01. The second-order valence-corrected chi connectivity index (χ2v) is 3.88. The fraction of sp³-hybridized carbons (Fsp3) is 1.00. The van der Waals surface area contributed by atoms with Crippen LogP contribution in [0.4, 0.5) is 0 Å². The van der Waals surface area contributed by atoms with E-state index in [1.807, 2.05) is 0 Å². The molecule has 0 aromatic heterocycles. The highest BCUT2D eigenvalue weighted by molar-refractivity contribution is 5.85. The minimum atomic E-state index is 0. The molecule has 2 aliphatic rings. The molecule has 13 heavy (non-hydrogen) atoms. The van der Waals surface area contributed by atoms with E-state index in [1.165, 1.54) is 25.7 Å². The van der Waals surface area contributed by atoms with Crippen LogP contribution in [0.3, 0.4) is 0 Å². The Hall–Kier alpha value is 0.460. The van der Waals surface area contributed by atoms with Crippen LogP contribution in [-0.4, -0.2) is 19.3 Å². The zero-order chi connectivity index (χ0) is 7.73. The second-order valence-electron chi connectivity index (χ2n) is 3.88. The van der Waals surface area contributed by atoms with Crippen molar-refractivity contribution in [3.63, 3.8) is 0 Å². The van der Waals surface area contributed by atoms with E-state index in [0.29, 0.717) is 11.5 Å². The van der Waals surface area contributed by atoms with Crippen molar-refractivity contribution in [2.45, 2.75) is 31.7 Å². The maximum Gasteiger partial charge on any atom is 0.0471 e. The molecule has 0 radical (unpaired) electrons. The lowest BCUT2D eigenvalue weighted by atomic mass is 9.61. The Labute approximate surface area is 91.6 Å². The molecule has 2 fully saturated rings. The maximum absolute atomic E-state index is 5.34. The van der Waals surface area contributed by atoms with Crippen LogP contribution in [0.25, 0.3) is 0 Å². The van der Waals surface area contributed by atoms with Crippen LogP contribution in [0, 0.1) is 5.41 Å². The van der Waals surface area contributed by atoms with Crippen LogP contribution >= 0.6 is 24.8 Å². The van der Waals surface area contributed by atoms with Gasteiger partial charge in [-0.2, -0.15) is 0 Å². The minimum Gasteiger partial charge on any atom is -0.381 e. The fourth-order valence-electron chi connectivity index (χ4n) is 2.32. The predicted molar refractivity (Wildman–Crippen MR) is 57.3 cm³/mol. The van der Waals surface area contributed by atoms with Gasteiger partial charge in [0.25, 0.3) is 0 Å². The molecule has 0 bridgehead atoms. The van der Waals surface area contributed by atoms with Crippen molar-refractivity contribution in [1.82, 2.24) is 5.43 Å². The number of nitrogens with two attached hydrogens (primary N) is 1. The summed E-state index contributed by atoms with van der Waals surface area (Å²) in [6.45, 7) is 1.91. The summed E-state index contributed by atoms with van der Waals surface area (Å²) in [7, 11) is 0. The summed E-state index contributed by atoms with van der Waals surface area (Å²) in [5.74, 6) is 5.34. The Morgan fingerprint density at radius 3 is 2.15 bits per heavy atom. The van der Waals surface area contributed by atoms with Crippen molar-refractivity contribution in [2.75, 3.05) is 13.2 Å². The predicted octanol–water partition coefficient (Wildman–Crippen LogP) is 1.25. The third-order valence-corrected chi connectivity index (χ3v) is 3.15. The summed E-state index contributed by atoms with van der Waals surface area (Å²) in [5, 5.41) is 0. The first-order chi connectivity index (χ1) is 5.35. The first kappa shape index (κ1) is 13.5. The van der Waals surface area contributed by atoms with Gasteiger partial charge in [-0.1, -0.05) is 0 Å². The maximum atomic E-state index is 5.34. The first-order valence-corrected chi connectivity index (χ1v) is 4.39. The van der Waals surface area contributed by atoms with Crippen molar-refractivity contribution >= 4 is 24.8 Å². The summed E-state index contributed by atoms with van der Waals surface area (Å²) < 4.78 is 5.32. The van der Waals surface area contributed by atoms with Crippen molar-refractivity contribution in [2.24, 2.45) is 11.3 Å². The van der Waals surface area contributed by atoms with Crippen molar-refractivity contribution in [3.8, 4) is 0 Å². The van der Waals surface area contributed by atoms with Crippen LogP contribution in [0.5, 0.6) is 0 Å². The first-order valence-electron chi connectivity index (χ1n) is 4.39. The van der Waals surface area contributed by atoms with Gasteiger partial charge in [0.2, 0.25) is 0 Å². The van der Waals surface area contributed by atoms with E-state index in [-0.39, 0.29) is 24.8 Å². The van der Waals surface area contributed by atoms with Gasteiger partial charge < -0.3 is 4.74 Å². The van der Waals surface area contributed by atoms with Crippen molar-refractivity contribution < 1.29 is 4.74 Å². The second kappa shape index (κ2) is 5.37. The molecule has 2 rings (SSSR count). The van der Waals surface area contributed by atoms with Gasteiger partial charge in [0.15, 0.2) is 0 Å². The van der Waals surface area contributed by atoms with Crippen LogP contribution in [0.15, 0.2) is 0 Å². The van der Waals surface area contributed by atoms with E-state index in [2.05, 4.69) is 5.43 Å². The van der Waals surface area contributed by atoms with Gasteiger partial charge in [0, 0.05) is 19.3 Å². The van der Waals surface area contributed by atoms with Crippen molar-refractivity contribution in [1.29, 1.82) is 0 Å². The van der Waals surface area contributed by atoms with Crippen LogP contribution in [0.2, 0.25) is 0 Å². The average molecular weight is 229 g/mol. The fourth-order valence-corrected chi connectivity index (χ4v) is 2.32. The van der Waals surface area contributed by atoms with Gasteiger partial charge in [-0.15, -0.1) is 24.8 Å². The molecule has 0 aromatic rings. The normalized spacial score (nSPS) is 25.6. The third-order valence-electron chi connectivity index (χ3n) is 3.15. The smallest absolute Gasteiger partial charge is 0.0471 e.